The van der Waals surface area contributed by atoms with Gasteiger partial charge < -0.3 is 11.1 Å². The number of nitrogens with one attached hydrogen (secondary N) is 1. The van der Waals surface area contributed by atoms with Gasteiger partial charge >= 0.3 is 0 Å². The smallest absolute Gasteiger partial charge is 0.247 e. The lowest BCUT2D eigenvalue weighted by molar-refractivity contribution is -0.118. The molecular weight excluding hydrogens is 128 g/mol. The van der Waals surface area contributed by atoms with Gasteiger partial charge in [0.25, 0.3) is 0 Å². The quantitative estimate of drug-likeness (QED) is 0.432. The topological polar surface area (TPSA) is 55.1 Å². The zero-order valence-corrected chi connectivity index (χ0v) is 6.69. The van der Waals surface area contributed by atoms with Gasteiger partial charge in [-0.15, -0.1) is 0 Å². The number of carbonyl (C=O) groups is 1. The average molecular weight is 142 g/mol. The lowest BCUT2D eigenvalue weighted by atomic mass is 10.2. The second-order valence-corrected chi connectivity index (χ2v) is 2.96. The zero-order valence-electron chi connectivity index (χ0n) is 6.69. The molecule has 3 N–H and O–H groups in total. The molecule has 10 heavy (non-hydrogen) atoms. The Bertz CT molecular complexity index is 155. The van der Waals surface area contributed by atoms with Crippen molar-refractivity contribution in [2.45, 2.75) is 26.4 Å². The molecule has 0 radical (unpaired) electrons. The third-order valence-corrected chi connectivity index (χ3v) is 0.823. The van der Waals surface area contributed by atoms with Crippen LogP contribution in [0, 0.1) is 0 Å². The fourth-order valence-corrected chi connectivity index (χ4v) is 0.399. The zero-order chi connectivity index (χ0) is 8.36. The minimum Gasteiger partial charge on any atom is -0.335 e. The van der Waals surface area contributed by atoms with Gasteiger partial charge in [-0.2, -0.15) is 0 Å². The van der Waals surface area contributed by atoms with Crippen molar-refractivity contribution in [3.05, 3.63) is 12.2 Å². The van der Waals surface area contributed by atoms with Crippen molar-refractivity contribution < 1.29 is 4.79 Å². The normalized spacial score (nSPS) is 10.8. The Hall–Kier alpha value is -0.830. The van der Waals surface area contributed by atoms with E-state index in [1.807, 2.05) is 0 Å². The fourth-order valence-electron chi connectivity index (χ4n) is 0.399. The van der Waals surface area contributed by atoms with Crippen LogP contribution in [-0.2, 0) is 4.79 Å². The van der Waals surface area contributed by atoms with Crippen LogP contribution in [0.5, 0.6) is 0 Å². The first kappa shape index (κ1) is 9.17. The van der Waals surface area contributed by atoms with Gasteiger partial charge in [-0.05, 0) is 20.8 Å². The number of hydrogen-bond donors (Lipinski definition) is 2. The Morgan fingerprint density at radius 1 is 1.60 bits per heavy atom. The molecule has 0 aliphatic rings. The highest BCUT2D eigenvalue weighted by molar-refractivity contribution is 5.92. The highest BCUT2D eigenvalue weighted by Crippen LogP contribution is 1.93. The van der Waals surface area contributed by atoms with Crippen molar-refractivity contribution in [1.82, 2.24) is 5.32 Å². The van der Waals surface area contributed by atoms with E-state index in [4.69, 9.17) is 5.73 Å². The van der Waals surface area contributed by atoms with Crippen LogP contribution in [0.2, 0.25) is 0 Å². The Kier molecular flexibility index (Phi) is 2.60. The number of nitrogens with two attached hydrogens (primary N) is 1. The Morgan fingerprint density at radius 3 is 2.10 bits per heavy atom. The Labute approximate surface area is 61.3 Å². The van der Waals surface area contributed by atoms with Gasteiger partial charge in [0.1, 0.15) is 0 Å². The number of carbonyl (C=O) groups excluding carboxylic acids is 1. The standard InChI is InChI=1S/C7H14N2O/c1-5(2)6(10)9-7(3,4)8/h1,8H2,2-4H3,(H,9,10). The highest BCUT2D eigenvalue weighted by atomic mass is 16.1. The van der Waals surface area contributed by atoms with Gasteiger partial charge in [0.2, 0.25) is 5.91 Å². The molecule has 0 aromatic carbocycles. The van der Waals surface area contributed by atoms with Crippen LogP contribution >= 0.6 is 0 Å². The second-order valence-electron chi connectivity index (χ2n) is 2.96. The summed E-state index contributed by atoms with van der Waals surface area (Å²) in [5, 5.41) is 2.56. The minimum atomic E-state index is -0.657. The molecule has 0 unspecified atom stereocenters. The van der Waals surface area contributed by atoms with Gasteiger partial charge in [0.15, 0.2) is 0 Å². The molecule has 0 heterocycles. The van der Waals surface area contributed by atoms with Crippen LogP contribution in [0.15, 0.2) is 12.2 Å². The average Bonchev–Trinajstić information content (AvgIpc) is 1.60. The summed E-state index contributed by atoms with van der Waals surface area (Å²) < 4.78 is 0. The number of rotatable bonds is 2. The van der Waals surface area contributed by atoms with Crippen LogP contribution < -0.4 is 11.1 Å². The molecule has 58 valence electrons. The number of hydrogen-bond acceptors (Lipinski definition) is 2. The van der Waals surface area contributed by atoms with Crippen LogP contribution in [-0.4, -0.2) is 11.6 Å². The second kappa shape index (κ2) is 2.84. The molecule has 0 saturated carbocycles. The largest absolute Gasteiger partial charge is 0.335 e. The minimum absolute atomic E-state index is 0.201. The molecule has 0 saturated heterocycles. The summed E-state index contributed by atoms with van der Waals surface area (Å²) in [7, 11) is 0. The van der Waals surface area contributed by atoms with E-state index in [-0.39, 0.29) is 5.91 Å². The molecule has 1 amide bonds. The van der Waals surface area contributed by atoms with Crippen molar-refractivity contribution in [3.63, 3.8) is 0 Å². The lowest BCUT2D eigenvalue weighted by Gasteiger charge is -2.20. The molecule has 0 aliphatic carbocycles. The van der Waals surface area contributed by atoms with Gasteiger partial charge in [0.05, 0.1) is 5.66 Å². The number of amides is 1. The fraction of sp³-hybridized carbons (Fsp3) is 0.571. The maximum Gasteiger partial charge on any atom is 0.247 e. The molecular formula is C7H14N2O. The highest BCUT2D eigenvalue weighted by Gasteiger charge is 2.13. The molecule has 3 nitrogen and oxygen atoms in total. The SMILES string of the molecule is C=C(C)C(=O)NC(C)(C)N. The van der Waals surface area contributed by atoms with Crippen molar-refractivity contribution in [3.8, 4) is 0 Å². The van der Waals surface area contributed by atoms with E-state index >= 15 is 0 Å². The van der Waals surface area contributed by atoms with Gasteiger partial charge in [-0.1, -0.05) is 6.58 Å². The molecule has 0 spiro atoms. The van der Waals surface area contributed by atoms with E-state index in [0.29, 0.717) is 5.57 Å². The maximum absolute atomic E-state index is 10.9. The first-order chi connectivity index (χ1) is 4.33. The predicted octanol–water partition coefficient (Wildman–Crippen LogP) is 0.374. The third kappa shape index (κ3) is 4.09. The van der Waals surface area contributed by atoms with E-state index in [1.165, 1.54) is 0 Å². The van der Waals surface area contributed by atoms with E-state index in [0.717, 1.165) is 0 Å². The summed E-state index contributed by atoms with van der Waals surface area (Å²) in [5.74, 6) is -0.201. The molecule has 0 bridgehead atoms. The summed E-state index contributed by atoms with van der Waals surface area (Å²) in [5.41, 5.74) is 5.32. The van der Waals surface area contributed by atoms with Gasteiger partial charge in [-0.25, -0.2) is 0 Å². The van der Waals surface area contributed by atoms with Crippen LogP contribution in [0.3, 0.4) is 0 Å². The maximum atomic E-state index is 10.9. The molecule has 0 atom stereocenters. The first-order valence-corrected chi connectivity index (χ1v) is 3.10. The molecule has 0 rings (SSSR count). The molecule has 0 aromatic heterocycles. The molecule has 3 heteroatoms. The van der Waals surface area contributed by atoms with Crippen LogP contribution in [0.4, 0.5) is 0 Å². The van der Waals surface area contributed by atoms with E-state index in [1.54, 1.807) is 20.8 Å². The summed E-state index contributed by atoms with van der Waals surface area (Å²) in [4.78, 5) is 10.9. The van der Waals surface area contributed by atoms with Gasteiger partial charge in [-0.3, -0.25) is 4.79 Å². The predicted molar refractivity (Wildman–Crippen MR) is 41.2 cm³/mol. The Balaban J connectivity index is 3.93. The van der Waals surface area contributed by atoms with Gasteiger partial charge in [0, 0.05) is 5.57 Å². The molecule has 0 fully saturated rings. The van der Waals surface area contributed by atoms with E-state index in [9.17, 15) is 4.79 Å². The van der Waals surface area contributed by atoms with Crippen molar-refractivity contribution >= 4 is 5.91 Å². The summed E-state index contributed by atoms with van der Waals surface area (Å²) in [6.45, 7) is 8.54. The van der Waals surface area contributed by atoms with E-state index in [2.05, 4.69) is 11.9 Å². The Morgan fingerprint density at radius 2 is 2.00 bits per heavy atom. The molecule has 0 aromatic rings. The van der Waals surface area contributed by atoms with E-state index < -0.39 is 5.66 Å². The van der Waals surface area contributed by atoms with Crippen LogP contribution in [0.25, 0.3) is 0 Å². The monoisotopic (exact) mass is 142 g/mol. The lowest BCUT2D eigenvalue weighted by Crippen LogP contribution is -2.50. The van der Waals surface area contributed by atoms with Crippen molar-refractivity contribution in [2.75, 3.05) is 0 Å². The third-order valence-electron chi connectivity index (χ3n) is 0.823. The summed E-state index contributed by atoms with van der Waals surface area (Å²) >= 11 is 0. The molecule has 0 aliphatic heterocycles. The van der Waals surface area contributed by atoms with Crippen molar-refractivity contribution in [2.24, 2.45) is 5.73 Å². The van der Waals surface area contributed by atoms with Crippen LogP contribution in [0.1, 0.15) is 20.8 Å². The summed E-state index contributed by atoms with van der Waals surface area (Å²) in [6.07, 6.45) is 0. The first-order valence-electron chi connectivity index (χ1n) is 3.10. The summed E-state index contributed by atoms with van der Waals surface area (Å²) in [6, 6.07) is 0. The van der Waals surface area contributed by atoms with Crippen molar-refractivity contribution in [1.29, 1.82) is 0 Å².